The quantitative estimate of drug-likeness (QED) is 0.777. The predicted molar refractivity (Wildman–Crippen MR) is 112 cm³/mol. The van der Waals surface area contributed by atoms with Crippen LogP contribution >= 0.6 is 0 Å². The number of carbonyl (C=O) groups is 2. The number of amides is 2. The first-order valence-electron chi connectivity index (χ1n) is 9.91. The van der Waals surface area contributed by atoms with Crippen LogP contribution in [0, 0.1) is 11.3 Å². The molecule has 0 atom stereocenters. The van der Waals surface area contributed by atoms with Crippen LogP contribution in [0.2, 0.25) is 0 Å². The lowest BCUT2D eigenvalue weighted by atomic mass is 9.75. The molecule has 4 rings (SSSR count). The molecule has 0 bridgehead atoms. The molecule has 1 saturated carbocycles. The van der Waals surface area contributed by atoms with Crippen molar-refractivity contribution in [2.24, 2.45) is 0 Å². The zero-order chi connectivity index (χ0) is 23.3. The van der Waals surface area contributed by atoms with Gasteiger partial charge in [0.25, 0.3) is 11.8 Å². The fourth-order valence-electron chi connectivity index (χ4n) is 4.29. The smallest absolute Gasteiger partial charge is 0.355 e. The third kappa shape index (κ3) is 3.11. The Balaban J connectivity index is 1.77. The molecule has 0 unspecified atom stereocenters. The molecule has 2 amide bonds. The molecule has 1 heterocycles. The normalized spacial score (nSPS) is 17.3. The molecule has 32 heavy (non-hydrogen) atoms. The van der Waals surface area contributed by atoms with Crippen molar-refractivity contribution < 1.29 is 22.8 Å². The molecule has 2 aromatic carbocycles. The van der Waals surface area contributed by atoms with Gasteiger partial charge in [0.2, 0.25) is 0 Å². The lowest BCUT2D eigenvalue weighted by Gasteiger charge is -2.43. The summed E-state index contributed by atoms with van der Waals surface area (Å²) in [4.78, 5) is 28.2. The Morgan fingerprint density at radius 2 is 1.78 bits per heavy atom. The minimum atomic E-state index is -4.74. The molecular formula is C23H19F3N4O2. The first kappa shape index (κ1) is 21.4. The minimum Gasteiger partial charge on any atom is -0.355 e. The zero-order valence-electron chi connectivity index (χ0n) is 17.2. The number of alkyl halides is 3. The van der Waals surface area contributed by atoms with Gasteiger partial charge in [0.15, 0.2) is 0 Å². The Morgan fingerprint density at radius 3 is 2.28 bits per heavy atom. The monoisotopic (exact) mass is 440 g/mol. The van der Waals surface area contributed by atoms with Crippen LogP contribution in [0.3, 0.4) is 0 Å². The maximum atomic E-state index is 13.5. The molecule has 9 heteroatoms. The average molecular weight is 440 g/mol. The Morgan fingerprint density at radius 1 is 1.16 bits per heavy atom. The summed E-state index contributed by atoms with van der Waals surface area (Å²) in [6.07, 6.45) is -2.89. The van der Waals surface area contributed by atoms with Crippen LogP contribution in [0.15, 0.2) is 54.9 Å². The van der Waals surface area contributed by atoms with E-state index in [1.54, 1.807) is 35.2 Å². The van der Waals surface area contributed by atoms with Gasteiger partial charge in [-0.3, -0.25) is 14.5 Å². The van der Waals surface area contributed by atoms with Crippen molar-refractivity contribution in [2.45, 2.75) is 31.0 Å². The summed E-state index contributed by atoms with van der Waals surface area (Å²) < 4.78 is 40.4. The van der Waals surface area contributed by atoms with Crippen LogP contribution in [0.5, 0.6) is 0 Å². The van der Waals surface area contributed by atoms with Gasteiger partial charge in [-0.05, 0) is 61.7 Å². The average Bonchev–Trinajstić information content (AvgIpc) is 2.99. The summed E-state index contributed by atoms with van der Waals surface area (Å²) in [6.45, 7) is 4.01. The summed E-state index contributed by atoms with van der Waals surface area (Å²) in [6, 6.07) is 11.3. The van der Waals surface area contributed by atoms with Crippen molar-refractivity contribution in [3.05, 3.63) is 71.6 Å². The number of rotatable bonds is 3. The summed E-state index contributed by atoms with van der Waals surface area (Å²) in [5.74, 6) is -0.396. The van der Waals surface area contributed by atoms with E-state index in [2.05, 4.69) is 11.9 Å². The van der Waals surface area contributed by atoms with E-state index in [-0.39, 0.29) is 23.3 Å². The van der Waals surface area contributed by atoms with Crippen LogP contribution in [0.1, 0.15) is 40.7 Å². The van der Waals surface area contributed by atoms with E-state index in [1.807, 2.05) is 0 Å². The summed E-state index contributed by atoms with van der Waals surface area (Å²) in [5, 5.41) is 11.6. The van der Waals surface area contributed by atoms with Gasteiger partial charge in [0.1, 0.15) is 11.4 Å². The first-order chi connectivity index (χ1) is 15.1. The van der Waals surface area contributed by atoms with Gasteiger partial charge in [-0.2, -0.15) is 18.4 Å². The lowest BCUT2D eigenvalue weighted by molar-refractivity contribution is -0.137. The van der Waals surface area contributed by atoms with Gasteiger partial charge < -0.3 is 10.2 Å². The Kier molecular flexibility index (Phi) is 4.96. The van der Waals surface area contributed by atoms with Crippen LogP contribution in [0.25, 0.3) is 0 Å². The van der Waals surface area contributed by atoms with Crippen LogP contribution < -0.4 is 15.1 Å². The van der Waals surface area contributed by atoms with E-state index in [9.17, 15) is 22.8 Å². The van der Waals surface area contributed by atoms with Crippen molar-refractivity contribution >= 4 is 23.2 Å². The molecule has 1 aliphatic carbocycles. The number of anilines is 2. The number of halogens is 3. The van der Waals surface area contributed by atoms with E-state index in [0.717, 1.165) is 18.6 Å². The summed E-state index contributed by atoms with van der Waals surface area (Å²) in [7, 11) is 1.52. The zero-order valence-corrected chi connectivity index (χ0v) is 17.2. The van der Waals surface area contributed by atoms with Crippen LogP contribution in [-0.4, -0.2) is 24.4 Å². The molecule has 2 aromatic rings. The highest BCUT2D eigenvalue weighted by Crippen LogP contribution is 2.50. The second-order valence-corrected chi connectivity index (χ2v) is 7.74. The second-order valence-electron chi connectivity index (χ2n) is 7.74. The second kappa shape index (κ2) is 7.41. The predicted octanol–water partition coefficient (Wildman–Crippen LogP) is 4.18. The Labute approximate surface area is 182 Å². The minimum absolute atomic E-state index is 0.00193. The van der Waals surface area contributed by atoms with Crippen molar-refractivity contribution in [1.82, 2.24) is 5.32 Å². The largest absolute Gasteiger partial charge is 0.417 e. The fraction of sp³-hybridized carbons (Fsp3) is 0.261. The molecule has 1 N–H and O–H groups in total. The van der Waals surface area contributed by atoms with Gasteiger partial charge in [0.05, 0.1) is 22.9 Å². The van der Waals surface area contributed by atoms with Crippen LogP contribution in [0.4, 0.5) is 24.5 Å². The maximum absolute atomic E-state index is 13.5. The lowest BCUT2D eigenvalue weighted by Crippen LogP contribution is -2.54. The number of hydrogen-bond donors (Lipinski definition) is 1. The van der Waals surface area contributed by atoms with E-state index in [0.29, 0.717) is 24.1 Å². The summed E-state index contributed by atoms with van der Waals surface area (Å²) >= 11 is 0. The van der Waals surface area contributed by atoms with Gasteiger partial charge in [-0.25, -0.2) is 0 Å². The molecule has 0 radical (unpaired) electrons. The molecule has 1 spiro atoms. The topological polar surface area (TPSA) is 76.4 Å². The maximum Gasteiger partial charge on any atom is 0.417 e. The van der Waals surface area contributed by atoms with Crippen LogP contribution in [-0.2, 0) is 11.0 Å². The highest BCUT2D eigenvalue weighted by atomic mass is 19.4. The van der Waals surface area contributed by atoms with Gasteiger partial charge in [0, 0.05) is 18.3 Å². The van der Waals surface area contributed by atoms with E-state index in [1.165, 1.54) is 18.0 Å². The molecule has 1 aliphatic heterocycles. The summed E-state index contributed by atoms with van der Waals surface area (Å²) in [5.41, 5.74) is -1.50. The van der Waals surface area contributed by atoms with Crippen molar-refractivity contribution in [3.63, 3.8) is 0 Å². The molecule has 164 valence electrons. The molecule has 6 nitrogen and oxygen atoms in total. The van der Waals surface area contributed by atoms with E-state index >= 15 is 0 Å². The molecule has 2 fully saturated rings. The first-order valence-corrected chi connectivity index (χ1v) is 9.91. The Hall–Kier alpha value is -3.80. The van der Waals surface area contributed by atoms with Crippen molar-refractivity contribution in [2.75, 3.05) is 16.8 Å². The van der Waals surface area contributed by atoms with Gasteiger partial charge in [-0.1, -0.05) is 6.58 Å². The highest BCUT2D eigenvalue weighted by Gasteiger charge is 2.58. The van der Waals surface area contributed by atoms with Crippen molar-refractivity contribution in [3.8, 4) is 6.07 Å². The fourth-order valence-corrected chi connectivity index (χ4v) is 4.29. The van der Waals surface area contributed by atoms with Gasteiger partial charge in [-0.15, -0.1) is 0 Å². The SMILES string of the molecule is C=C1N(c2ccc(C#N)c(C(F)(F)F)c2)C(=O)C2(CCC2)N1c1ccc(C(=O)NC)cc1. The van der Waals surface area contributed by atoms with E-state index in [4.69, 9.17) is 5.26 Å². The number of nitrogens with one attached hydrogen (secondary N) is 1. The molecule has 0 aromatic heterocycles. The highest BCUT2D eigenvalue weighted by molar-refractivity contribution is 6.11. The van der Waals surface area contributed by atoms with E-state index < -0.39 is 22.8 Å². The number of hydrogen-bond acceptors (Lipinski definition) is 4. The van der Waals surface area contributed by atoms with Gasteiger partial charge >= 0.3 is 6.18 Å². The number of nitrogens with zero attached hydrogens (tertiary/aromatic N) is 3. The Bertz CT molecular complexity index is 1160. The standard InChI is InChI=1S/C23H19F3N4O2/c1-14-29(18-9-6-16(13-27)19(12-18)23(24,25)26)21(32)22(10-3-11-22)30(14)17-7-4-15(5-8-17)20(31)28-2/h4-9,12H,1,3,10-11H2,2H3,(H,28,31). The molecular weight excluding hydrogens is 421 g/mol. The van der Waals surface area contributed by atoms with Crippen molar-refractivity contribution in [1.29, 1.82) is 5.26 Å². The third-order valence-corrected chi connectivity index (χ3v) is 6.03. The third-order valence-electron chi connectivity index (χ3n) is 6.03. The number of carbonyl (C=O) groups excluding carboxylic acids is 2. The number of nitriles is 1. The molecule has 2 aliphatic rings. The molecule has 1 saturated heterocycles. The number of benzene rings is 2.